The summed E-state index contributed by atoms with van der Waals surface area (Å²) in [4.78, 5) is 15.8. The van der Waals surface area contributed by atoms with Gasteiger partial charge >= 0.3 is 0 Å². The number of fused-ring (bicyclic) bond motifs is 10. The van der Waals surface area contributed by atoms with Crippen LogP contribution >= 0.6 is 0 Å². The Morgan fingerprint density at radius 1 is 0.290 bits per heavy atom. The smallest absolute Gasteiger partial charge is 0.164 e. The van der Waals surface area contributed by atoms with Crippen LogP contribution in [0.5, 0.6) is 0 Å². The molecule has 69 heavy (non-hydrogen) atoms. The highest BCUT2D eigenvalue weighted by Crippen LogP contribution is 2.47. The number of rotatable bonds is 7. The van der Waals surface area contributed by atoms with Gasteiger partial charge in [0.15, 0.2) is 17.5 Å². The Bertz CT molecular complexity index is 4230. The van der Waals surface area contributed by atoms with Gasteiger partial charge in [0.2, 0.25) is 0 Å². The number of hydrogen-bond acceptors (Lipinski definition) is 4. The van der Waals surface area contributed by atoms with E-state index < -0.39 is 0 Å². The maximum absolute atomic E-state index is 6.37. The number of benzene rings is 10. The normalized spacial score (nSPS) is 11.8. The van der Waals surface area contributed by atoms with E-state index in [1.165, 1.54) is 32.6 Å². The van der Waals surface area contributed by atoms with Gasteiger partial charge in [0.05, 0.1) is 27.8 Å². The van der Waals surface area contributed by atoms with Crippen molar-refractivity contribution in [3.05, 3.63) is 237 Å². The predicted octanol–water partition coefficient (Wildman–Crippen LogP) is 16.3. The van der Waals surface area contributed by atoms with Gasteiger partial charge < -0.3 is 13.6 Å². The summed E-state index contributed by atoms with van der Waals surface area (Å²) in [5.74, 6) is 1.73. The first-order valence-electron chi connectivity index (χ1n) is 23.3. The van der Waals surface area contributed by atoms with Gasteiger partial charge in [-0.25, -0.2) is 15.0 Å². The van der Waals surface area contributed by atoms with Crippen LogP contribution in [0.4, 0.5) is 0 Å². The fourth-order valence-corrected chi connectivity index (χ4v) is 10.5. The van der Waals surface area contributed by atoms with E-state index >= 15 is 0 Å². The number of furan rings is 1. The Labute approximate surface area is 396 Å². The van der Waals surface area contributed by atoms with Gasteiger partial charge in [-0.3, -0.25) is 0 Å². The van der Waals surface area contributed by atoms with Crippen LogP contribution in [0.15, 0.2) is 241 Å². The molecule has 0 aliphatic heterocycles. The van der Waals surface area contributed by atoms with Crippen molar-refractivity contribution in [2.45, 2.75) is 0 Å². The third kappa shape index (κ3) is 6.23. The third-order valence-electron chi connectivity index (χ3n) is 13.6. The molecule has 0 unspecified atom stereocenters. The van der Waals surface area contributed by atoms with E-state index in [1.807, 2.05) is 42.5 Å². The Balaban J connectivity index is 1.07. The summed E-state index contributed by atoms with van der Waals surface area (Å²) < 4.78 is 11.3. The molecule has 14 aromatic rings. The van der Waals surface area contributed by atoms with Gasteiger partial charge in [0.1, 0.15) is 11.2 Å². The molecule has 4 heterocycles. The molecule has 10 aromatic carbocycles. The molecule has 0 saturated carbocycles. The van der Waals surface area contributed by atoms with Crippen LogP contribution in [0.2, 0.25) is 0 Å². The topological polar surface area (TPSA) is 61.7 Å². The van der Waals surface area contributed by atoms with E-state index in [2.05, 4.69) is 203 Å². The zero-order chi connectivity index (χ0) is 45.4. The summed E-state index contributed by atoms with van der Waals surface area (Å²) in [5, 5.41) is 6.97. The maximum Gasteiger partial charge on any atom is 0.164 e. The largest absolute Gasteiger partial charge is 0.456 e. The van der Waals surface area contributed by atoms with Crippen molar-refractivity contribution >= 4 is 65.6 Å². The van der Waals surface area contributed by atoms with Gasteiger partial charge in [0.25, 0.3) is 0 Å². The molecule has 0 aliphatic carbocycles. The first kappa shape index (κ1) is 38.8. The maximum atomic E-state index is 6.37. The van der Waals surface area contributed by atoms with E-state index in [0.29, 0.717) is 17.5 Å². The molecule has 0 fully saturated rings. The quantitative estimate of drug-likeness (QED) is 0.160. The average Bonchev–Trinajstić information content (AvgIpc) is 4.09. The van der Waals surface area contributed by atoms with Gasteiger partial charge in [-0.1, -0.05) is 170 Å². The standard InChI is InChI=1S/C63H39N5O/c1-5-19-40(20-6-1)50-37-44(63-65-61(42-23-9-3-10-24-42)64-62(66-63)43-33-34-47-46-27-15-18-32-56(46)69-57(47)39-43)38-51(41-21-7-2-8-22-41)60(50)68-53-31-17-14-29-49(53)59-55(68)36-35-54-58(59)48-28-13-16-30-52(48)67(54)45-25-11-4-12-26-45/h1-39H. The molecule has 322 valence electrons. The second-order valence-corrected chi connectivity index (χ2v) is 17.5. The molecule has 0 aliphatic rings. The van der Waals surface area contributed by atoms with Crippen LogP contribution < -0.4 is 0 Å². The third-order valence-corrected chi connectivity index (χ3v) is 13.6. The van der Waals surface area contributed by atoms with Crippen LogP contribution in [0.25, 0.3) is 133 Å². The highest BCUT2D eigenvalue weighted by molar-refractivity contribution is 6.29. The monoisotopic (exact) mass is 881 g/mol. The summed E-state index contributed by atoms with van der Waals surface area (Å²) in [7, 11) is 0. The van der Waals surface area contributed by atoms with E-state index in [0.717, 1.165) is 83.3 Å². The molecule has 0 saturated heterocycles. The fraction of sp³-hybridized carbons (Fsp3) is 0. The first-order valence-corrected chi connectivity index (χ1v) is 23.3. The first-order chi connectivity index (χ1) is 34.2. The molecule has 14 rings (SSSR count). The van der Waals surface area contributed by atoms with Crippen molar-refractivity contribution in [2.75, 3.05) is 0 Å². The van der Waals surface area contributed by atoms with E-state index in [4.69, 9.17) is 19.4 Å². The van der Waals surface area contributed by atoms with Crippen molar-refractivity contribution in [3.8, 4) is 67.8 Å². The number of hydrogen-bond donors (Lipinski definition) is 0. The van der Waals surface area contributed by atoms with Crippen molar-refractivity contribution in [1.82, 2.24) is 24.1 Å². The SMILES string of the molecule is c1ccc(-c2nc(-c3cc(-c4ccccc4)c(-n4c5ccccc5c5c6c7ccccc7n(-c7ccccc7)c6ccc54)c(-c4ccccc4)c3)nc(-c3ccc4c(c3)oc3ccccc34)n2)cc1. The lowest BCUT2D eigenvalue weighted by atomic mass is 9.92. The van der Waals surface area contributed by atoms with Crippen molar-refractivity contribution in [2.24, 2.45) is 0 Å². The number of nitrogens with zero attached hydrogens (tertiary/aromatic N) is 5. The predicted molar refractivity (Wildman–Crippen MR) is 283 cm³/mol. The molecule has 0 spiro atoms. The highest BCUT2D eigenvalue weighted by atomic mass is 16.3. The van der Waals surface area contributed by atoms with Gasteiger partial charge in [0, 0.05) is 65.8 Å². The zero-order valence-corrected chi connectivity index (χ0v) is 37.2. The van der Waals surface area contributed by atoms with Crippen molar-refractivity contribution < 1.29 is 4.42 Å². The van der Waals surface area contributed by atoms with Crippen molar-refractivity contribution in [1.29, 1.82) is 0 Å². The van der Waals surface area contributed by atoms with Gasteiger partial charge in [-0.15, -0.1) is 0 Å². The van der Waals surface area contributed by atoms with Crippen LogP contribution in [0.3, 0.4) is 0 Å². The van der Waals surface area contributed by atoms with E-state index in [1.54, 1.807) is 0 Å². The molecule has 6 heteroatoms. The summed E-state index contributed by atoms with van der Waals surface area (Å²) in [6.07, 6.45) is 0. The van der Waals surface area contributed by atoms with Crippen LogP contribution in [0, 0.1) is 0 Å². The summed E-state index contributed by atoms with van der Waals surface area (Å²) in [6, 6.07) is 83.5. The highest BCUT2D eigenvalue weighted by Gasteiger charge is 2.26. The summed E-state index contributed by atoms with van der Waals surface area (Å²) >= 11 is 0. The van der Waals surface area contributed by atoms with Crippen LogP contribution in [0.1, 0.15) is 0 Å². The lowest BCUT2D eigenvalue weighted by Gasteiger charge is -2.21. The zero-order valence-electron chi connectivity index (χ0n) is 37.2. The Kier molecular flexibility index (Phi) is 8.79. The lowest BCUT2D eigenvalue weighted by Crippen LogP contribution is -2.04. The molecule has 0 bridgehead atoms. The second kappa shape index (κ2) is 15.6. The summed E-state index contributed by atoms with van der Waals surface area (Å²) in [6.45, 7) is 0. The van der Waals surface area contributed by atoms with Gasteiger partial charge in [-0.05, 0) is 77.9 Å². The molecule has 0 atom stereocenters. The molecule has 0 radical (unpaired) electrons. The number of aromatic nitrogens is 5. The molecular formula is C63H39N5O. The lowest BCUT2D eigenvalue weighted by molar-refractivity contribution is 0.669. The Morgan fingerprint density at radius 3 is 1.35 bits per heavy atom. The average molecular weight is 882 g/mol. The molecule has 0 N–H and O–H groups in total. The van der Waals surface area contributed by atoms with Crippen molar-refractivity contribution in [3.63, 3.8) is 0 Å². The van der Waals surface area contributed by atoms with Crippen LogP contribution in [-0.2, 0) is 0 Å². The minimum atomic E-state index is 0.564. The van der Waals surface area contributed by atoms with E-state index in [-0.39, 0.29) is 0 Å². The molecule has 4 aromatic heterocycles. The Morgan fingerprint density at radius 2 is 0.739 bits per heavy atom. The fourth-order valence-electron chi connectivity index (χ4n) is 10.5. The molecule has 0 amide bonds. The number of para-hydroxylation sites is 4. The summed E-state index contributed by atoms with van der Waals surface area (Å²) in [5.41, 5.74) is 15.3. The van der Waals surface area contributed by atoms with E-state index in [9.17, 15) is 0 Å². The second-order valence-electron chi connectivity index (χ2n) is 17.5. The minimum Gasteiger partial charge on any atom is -0.456 e. The molecule has 6 nitrogen and oxygen atoms in total. The minimum absolute atomic E-state index is 0.564. The molecular weight excluding hydrogens is 843 g/mol. The Hall–Kier alpha value is -9.39. The van der Waals surface area contributed by atoms with Gasteiger partial charge in [-0.2, -0.15) is 0 Å². The van der Waals surface area contributed by atoms with Crippen LogP contribution in [-0.4, -0.2) is 24.1 Å².